The van der Waals surface area contributed by atoms with E-state index in [4.69, 9.17) is 11.5 Å². The number of hydrogen-bond donors (Lipinski definition) is 4. The van der Waals surface area contributed by atoms with Gasteiger partial charge >= 0.3 is 5.97 Å². The molecule has 32 heavy (non-hydrogen) atoms. The summed E-state index contributed by atoms with van der Waals surface area (Å²) in [6.07, 6.45) is 2.47. The second-order valence-corrected chi connectivity index (χ2v) is 8.70. The summed E-state index contributed by atoms with van der Waals surface area (Å²) in [5.41, 5.74) is 11.3. The molecule has 0 aromatic carbocycles. The third-order valence-corrected chi connectivity index (χ3v) is 6.50. The number of likely N-dealkylation sites (tertiary alicyclic amines) is 2. The standard InChI is InChI=1S/C21H35N5O6/c1-3-12(2)17(23)20(30)25-10-4-6-14(25)18(28)24-13(8-9-16(22)27)19(29)26-11-5-7-15(26)21(31)32/h12-15,17H,3-11,23H2,1-2H3,(H2,22,27)(H,24,28)(H,31,32). The maximum Gasteiger partial charge on any atom is 0.326 e. The summed E-state index contributed by atoms with van der Waals surface area (Å²) < 4.78 is 0. The number of nitrogens with two attached hydrogens (primary N) is 2. The van der Waals surface area contributed by atoms with Gasteiger partial charge in [-0.25, -0.2) is 4.79 Å². The molecule has 4 amide bonds. The molecule has 2 fully saturated rings. The average molecular weight is 454 g/mol. The zero-order valence-corrected chi connectivity index (χ0v) is 18.8. The number of carboxylic acids is 1. The third kappa shape index (κ3) is 5.96. The Kier molecular flexibility index (Phi) is 8.99. The average Bonchev–Trinajstić information content (AvgIpc) is 3.44. The number of nitrogens with zero attached hydrogens (tertiary/aromatic N) is 2. The monoisotopic (exact) mass is 453 g/mol. The molecule has 11 nitrogen and oxygen atoms in total. The fourth-order valence-electron chi connectivity index (χ4n) is 4.29. The van der Waals surface area contributed by atoms with Crippen LogP contribution in [0.4, 0.5) is 0 Å². The van der Waals surface area contributed by atoms with Gasteiger partial charge in [-0.05, 0) is 38.0 Å². The molecule has 11 heteroatoms. The molecule has 2 aliphatic heterocycles. The van der Waals surface area contributed by atoms with Gasteiger partial charge in [0.25, 0.3) is 0 Å². The second-order valence-electron chi connectivity index (χ2n) is 8.70. The number of nitrogens with one attached hydrogen (secondary N) is 1. The van der Waals surface area contributed by atoms with Gasteiger partial charge in [0.2, 0.25) is 23.6 Å². The maximum atomic E-state index is 13.1. The first-order chi connectivity index (χ1) is 15.1. The molecule has 0 aliphatic carbocycles. The fraction of sp³-hybridized carbons (Fsp3) is 0.762. The van der Waals surface area contributed by atoms with E-state index in [1.165, 1.54) is 9.80 Å². The summed E-state index contributed by atoms with van der Waals surface area (Å²) in [5, 5.41) is 12.0. The first kappa shape index (κ1) is 25.6. The number of aliphatic carboxylic acids is 1. The van der Waals surface area contributed by atoms with Crippen LogP contribution >= 0.6 is 0 Å². The quantitative estimate of drug-likeness (QED) is 0.334. The molecule has 2 aliphatic rings. The van der Waals surface area contributed by atoms with Gasteiger partial charge in [0.1, 0.15) is 18.1 Å². The molecule has 2 saturated heterocycles. The van der Waals surface area contributed by atoms with Crippen molar-refractivity contribution >= 4 is 29.6 Å². The highest BCUT2D eigenvalue weighted by Gasteiger charge is 2.41. The van der Waals surface area contributed by atoms with Crippen LogP contribution in [0, 0.1) is 5.92 Å². The largest absolute Gasteiger partial charge is 0.480 e. The molecule has 6 N–H and O–H groups in total. The summed E-state index contributed by atoms with van der Waals surface area (Å²) >= 11 is 0. The van der Waals surface area contributed by atoms with Gasteiger partial charge in [-0.1, -0.05) is 20.3 Å². The molecule has 5 atom stereocenters. The Labute approximate surface area is 187 Å². The van der Waals surface area contributed by atoms with Crippen LogP contribution in [-0.4, -0.2) is 81.8 Å². The SMILES string of the molecule is CCC(C)C(N)C(=O)N1CCCC1C(=O)NC(CCC(N)=O)C(=O)N1CCCC1C(=O)O. The van der Waals surface area contributed by atoms with Crippen molar-refractivity contribution in [2.24, 2.45) is 17.4 Å². The molecule has 0 radical (unpaired) electrons. The lowest BCUT2D eigenvalue weighted by Crippen LogP contribution is -2.57. The molecule has 0 aromatic heterocycles. The lowest BCUT2D eigenvalue weighted by Gasteiger charge is -2.31. The van der Waals surface area contributed by atoms with Crippen LogP contribution in [0.3, 0.4) is 0 Å². The molecule has 2 rings (SSSR count). The number of rotatable bonds is 10. The normalized spacial score (nSPS) is 23.5. The Balaban J connectivity index is 2.14. The van der Waals surface area contributed by atoms with Gasteiger partial charge in [-0.15, -0.1) is 0 Å². The number of primary amides is 1. The van der Waals surface area contributed by atoms with Gasteiger partial charge in [0.05, 0.1) is 6.04 Å². The van der Waals surface area contributed by atoms with Crippen LogP contribution in [-0.2, 0) is 24.0 Å². The van der Waals surface area contributed by atoms with Gasteiger partial charge in [-0.3, -0.25) is 19.2 Å². The maximum absolute atomic E-state index is 13.1. The highest BCUT2D eigenvalue weighted by atomic mass is 16.4. The van der Waals surface area contributed by atoms with E-state index in [0.29, 0.717) is 32.2 Å². The molecular weight excluding hydrogens is 418 g/mol. The highest BCUT2D eigenvalue weighted by Crippen LogP contribution is 2.22. The molecule has 0 bridgehead atoms. The summed E-state index contributed by atoms with van der Waals surface area (Å²) in [6.45, 7) is 4.47. The lowest BCUT2D eigenvalue weighted by atomic mass is 9.98. The lowest BCUT2D eigenvalue weighted by molar-refractivity contribution is -0.150. The van der Waals surface area contributed by atoms with E-state index in [9.17, 15) is 29.1 Å². The highest BCUT2D eigenvalue weighted by molar-refractivity contribution is 5.95. The van der Waals surface area contributed by atoms with E-state index in [0.717, 1.165) is 6.42 Å². The summed E-state index contributed by atoms with van der Waals surface area (Å²) in [4.78, 5) is 64.4. The smallest absolute Gasteiger partial charge is 0.326 e. The molecule has 180 valence electrons. The number of hydrogen-bond acceptors (Lipinski definition) is 6. The van der Waals surface area contributed by atoms with Crippen LogP contribution < -0.4 is 16.8 Å². The predicted molar refractivity (Wildman–Crippen MR) is 115 cm³/mol. The van der Waals surface area contributed by atoms with Crippen molar-refractivity contribution in [2.45, 2.75) is 83.0 Å². The first-order valence-corrected chi connectivity index (χ1v) is 11.3. The minimum absolute atomic E-state index is 0.0418. The van der Waals surface area contributed by atoms with E-state index >= 15 is 0 Å². The summed E-state index contributed by atoms with van der Waals surface area (Å²) in [7, 11) is 0. The van der Waals surface area contributed by atoms with Gasteiger partial charge in [0.15, 0.2) is 0 Å². The fourth-order valence-corrected chi connectivity index (χ4v) is 4.29. The van der Waals surface area contributed by atoms with Crippen LogP contribution in [0.1, 0.15) is 58.8 Å². The van der Waals surface area contributed by atoms with Crippen LogP contribution in [0.5, 0.6) is 0 Å². The van der Waals surface area contributed by atoms with E-state index < -0.39 is 47.9 Å². The van der Waals surface area contributed by atoms with E-state index in [1.54, 1.807) is 0 Å². The van der Waals surface area contributed by atoms with Crippen molar-refractivity contribution in [3.8, 4) is 0 Å². The molecule has 5 unspecified atom stereocenters. The van der Waals surface area contributed by atoms with Crippen molar-refractivity contribution in [1.29, 1.82) is 0 Å². The van der Waals surface area contributed by atoms with Gasteiger partial charge in [0, 0.05) is 19.5 Å². The van der Waals surface area contributed by atoms with Crippen molar-refractivity contribution in [3.63, 3.8) is 0 Å². The number of carbonyl (C=O) groups is 5. The molecule has 0 spiro atoms. The van der Waals surface area contributed by atoms with Crippen LogP contribution in [0.25, 0.3) is 0 Å². The Bertz CT molecular complexity index is 744. The van der Waals surface area contributed by atoms with E-state index in [-0.39, 0.29) is 31.2 Å². The zero-order chi connectivity index (χ0) is 24.0. The molecule has 0 aromatic rings. The minimum atomic E-state index is -1.11. The topological polar surface area (TPSA) is 176 Å². The van der Waals surface area contributed by atoms with Crippen molar-refractivity contribution in [3.05, 3.63) is 0 Å². The van der Waals surface area contributed by atoms with Crippen LogP contribution in [0.2, 0.25) is 0 Å². The number of amides is 4. The molecular formula is C21H35N5O6. The Morgan fingerprint density at radius 3 is 2.12 bits per heavy atom. The second kappa shape index (κ2) is 11.3. The van der Waals surface area contributed by atoms with Crippen LogP contribution in [0.15, 0.2) is 0 Å². The Morgan fingerprint density at radius 1 is 1.03 bits per heavy atom. The van der Waals surface area contributed by atoms with Gasteiger partial charge < -0.3 is 31.7 Å². The van der Waals surface area contributed by atoms with Crippen molar-refractivity contribution < 1.29 is 29.1 Å². The third-order valence-electron chi connectivity index (χ3n) is 6.50. The van der Waals surface area contributed by atoms with E-state index in [1.807, 2.05) is 13.8 Å². The zero-order valence-electron chi connectivity index (χ0n) is 18.8. The molecule has 2 heterocycles. The number of carbonyl (C=O) groups excluding carboxylic acids is 4. The predicted octanol–water partition coefficient (Wildman–Crippen LogP) is -0.823. The van der Waals surface area contributed by atoms with Crippen molar-refractivity contribution in [2.75, 3.05) is 13.1 Å². The summed E-state index contributed by atoms with van der Waals surface area (Å²) in [6, 6.07) is -3.55. The summed E-state index contributed by atoms with van der Waals surface area (Å²) in [5.74, 6) is -3.16. The number of carboxylic acid groups (broad SMARTS) is 1. The van der Waals surface area contributed by atoms with E-state index in [2.05, 4.69) is 5.32 Å². The Morgan fingerprint density at radius 2 is 1.59 bits per heavy atom. The molecule has 0 saturated carbocycles. The van der Waals surface area contributed by atoms with Crippen molar-refractivity contribution in [1.82, 2.24) is 15.1 Å². The Hall–Kier alpha value is -2.69. The minimum Gasteiger partial charge on any atom is -0.480 e. The first-order valence-electron chi connectivity index (χ1n) is 11.3. The van der Waals surface area contributed by atoms with Gasteiger partial charge in [-0.2, -0.15) is 0 Å².